The molecule has 0 unspecified atom stereocenters. The largest absolute Gasteiger partial charge is 0.438 e. The summed E-state index contributed by atoms with van der Waals surface area (Å²) in [5, 5.41) is 0. The Morgan fingerprint density at radius 2 is 2.33 bits per heavy atom. The van der Waals surface area contributed by atoms with Crippen molar-refractivity contribution in [2.75, 3.05) is 19.6 Å². The molecule has 1 fully saturated rings. The molecular formula is C11H16N2O2. The lowest BCUT2D eigenvalue weighted by molar-refractivity contribution is 0.109. The van der Waals surface area contributed by atoms with Crippen molar-refractivity contribution in [3.8, 4) is 0 Å². The lowest BCUT2D eigenvalue weighted by Crippen LogP contribution is -2.32. The number of hydrogen-bond donors (Lipinski definition) is 0. The van der Waals surface area contributed by atoms with Gasteiger partial charge in [0, 0.05) is 5.92 Å². The molecule has 0 bridgehead atoms. The molecule has 0 radical (unpaired) electrons. The standard InChI is InChI=1S/C11H16N2O2/c1-2-13-5-3-9(4-6-13)11-12-7-10(8-14)15-11/h7-9H,2-6H2,1H3. The number of nitrogens with zero attached hydrogens (tertiary/aromatic N) is 2. The fraction of sp³-hybridized carbons (Fsp3) is 0.636. The first-order chi connectivity index (χ1) is 7.33. The summed E-state index contributed by atoms with van der Waals surface area (Å²) in [5.41, 5.74) is 0. The zero-order valence-corrected chi connectivity index (χ0v) is 8.98. The summed E-state index contributed by atoms with van der Waals surface area (Å²) in [4.78, 5) is 17.0. The van der Waals surface area contributed by atoms with Crippen LogP contribution in [0.25, 0.3) is 0 Å². The number of aromatic nitrogens is 1. The molecule has 1 aromatic heterocycles. The van der Waals surface area contributed by atoms with Crippen molar-refractivity contribution < 1.29 is 9.21 Å². The molecule has 0 saturated carbocycles. The predicted octanol–water partition coefficient (Wildman–Crippen LogP) is 1.69. The number of carbonyl (C=O) groups excluding carboxylic acids is 1. The second kappa shape index (κ2) is 4.57. The molecule has 0 aromatic carbocycles. The van der Waals surface area contributed by atoms with E-state index in [1.165, 1.54) is 6.20 Å². The van der Waals surface area contributed by atoms with Crippen LogP contribution in [0.2, 0.25) is 0 Å². The van der Waals surface area contributed by atoms with Gasteiger partial charge >= 0.3 is 0 Å². The summed E-state index contributed by atoms with van der Waals surface area (Å²) in [7, 11) is 0. The number of carbonyl (C=O) groups is 1. The van der Waals surface area contributed by atoms with E-state index in [9.17, 15) is 4.79 Å². The van der Waals surface area contributed by atoms with Gasteiger partial charge in [0.2, 0.25) is 0 Å². The molecular weight excluding hydrogens is 192 g/mol. The fourth-order valence-electron chi connectivity index (χ4n) is 2.04. The Hall–Kier alpha value is -1.16. The van der Waals surface area contributed by atoms with E-state index in [1.54, 1.807) is 0 Å². The second-order valence-electron chi connectivity index (χ2n) is 3.93. The summed E-state index contributed by atoms with van der Waals surface area (Å²) >= 11 is 0. The number of rotatable bonds is 3. The zero-order valence-electron chi connectivity index (χ0n) is 8.98. The van der Waals surface area contributed by atoms with Crippen LogP contribution in [0.1, 0.15) is 42.1 Å². The van der Waals surface area contributed by atoms with E-state index in [-0.39, 0.29) is 0 Å². The Morgan fingerprint density at radius 3 is 2.87 bits per heavy atom. The van der Waals surface area contributed by atoms with E-state index >= 15 is 0 Å². The van der Waals surface area contributed by atoms with Crippen LogP contribution in [-0.2, 0) is 0 Å². The predicted molar refractivity (Wildman–Crippen MR) is 56.0 cm³/mol. The van der Waals surface area contributed by atoms with Crippen LogP contribution in [0.5, 0.6) is 0 Å². The van der Waals surface area contributed by atoms with Crippen LogP contribution >= 0.6 is 0 Å². The molecule has 0 N–H and O–H groups in total. The second-order valence-corrected chi connectivity index (χ2v) is 3.93. The van der Waals surface area contributed by atoms with Crippen LogP contribution in [0, 0.1) is 0 Å². The van der Waals surface area contributed by atoms with Gasteiger partial charge in [0.25, 0.3) is 0 Å². The smallest absolute Gasteiger partial charge is 0.198 e. The SMILES string of the molecule is CCN1CCC(c2ncc(C=O)o2)CC1. The molecule has 0 aliphatic carbocycles. The van der Waals surface area contributed by atoms with Crippen molar-refractivity contribution >= 4 is 6.29 Å². The van der Waals surface area contributed by atoms with E-state index in [2.05, 4.69) is 16.8 Å². The van der Waals surface area contributed by atoms with Gasteiger partial charge in [0.1, 0.15) is 0 Å². The number of aldehydes is 1. The molecule has 4 nitrogen and oxygen atoms in total. The first kappa shape index (κ1) is 10.4. The van der Waals surface area contributed by atoms with Gasteiger partial charge in [-0.2, -0.15) is 0 Å². The van der Waals surface area contributed by atoms with Gasteiger partial charge in [0.05, 0.1) is 6.20 Å². The molecule has 0 spiro atoms. The van der Waals surface area contributed by atoms with Gasteiger partial charge in [-0.3, -0.25) is 4.79 Å². The average Bonchev–Trinajstić information content (AvgIpc) is 2.78. The van der Waals surface area contributed by atoms with Gasteiger partial charge in [-0.25, -0.2) is 4.98 Å². The molecule has 0 atom stereocenters. The van der Waals surface area contributed by atoms with Gasteiger partial charge < -0.3 is 9.32 Å². The molecule has 82 valence electrons. The number of likely N-dealkylation sites (tertiary alicyclic amines) is 1. The summed E-state index contributed by atoms with van der Waals surface area (Å²) in [6, 6.07) is 0. The highest BCUT2D eigenvalue weighted by molar-refractivity contribution is 5.69. The minimum absolute atomic E-state index is 0.336. The van der Waals surface area contributed by atoms with Gasteiger partial charge in [-0.1, -0.05) is 6.92 Å². The quantitative estimate of drug-likeness (QED) is 0.709. The Morgan fingerprint density at radius 1 is 1.60 bits per heavy atom. The highest BCUT2D eigenvalue weighted by Crippen LogP contribution is 2.27. The number of hydrogen-bond acceptors (Lipinski definition) is 4. The highest BCUT2D eigenvalue weighted by atomic mass is 16.4. The number of oxazole rings is 1. The zero-order chi connectivity index (χ0) is 10.7. The molecule has 1 aromatic rings. The fourth-order valence-corrected chi connectivity index (χ4v) is 2.04. The van der Waals surface area contributed by atoms with Gasteiger partial charge in [0.15, 0.2) is 17.9 Å². The maximum atomic E-state index is 10.5. The Labute approximate surface area is 89.3 Å². The van der Waals surface area contributed by atoms with Crippen molar-refractivity contribution in [1.29, 1.82) is 0 Å². The third-order valence-corrected chi connectivity index (χ3v) is 3.04. The van der Waals surface area contributed by atoms with Crippen LogP contribution in [-0.4, -0.2) is 35.8 Å². The maximum Gasteiger partial charge on any atom is 0.198 e. The van der Waals surface area contributed by atoms with Crippen LogP contribution in [0.15, 0.2) is 10.6 Å². The van der Waals surface area contributed by atoms with Crippen molar-refractivity contribution in [2.24, 2.45) is 0 Å². The van der Waals surface area contributed by atoms with Gasteiger partial charge in [-0.15, -0.1) is 0 Å². The normalized spacial score (nSPS) is 19.3. The topological polar surface area (TPSA) is 46.3 Å². The molecule has 4 heteroatoms. The van der Waals surface area contributed by atoms with E-state index in [1.807, 2.05) is 0 Å². The first-order valence-corrected chi connectivity index (χ1v) is 5.46. The molecule has 1 aliphatic heterocycles. The molecule has 1 aliphatic rings. The van der Waals surface area contributed by atoms with Crippen molar-refractivity contribution in [2.45, 2.75) is 25.7 Å². The van der Waals surface area contributed by atoms with Gasteiger partial charge in [-0.05, 0) is 32.5 Å². The molecule has 2 rings (SSSR count). The van der Waals surface area contributed by atoms with Crippen LogP contribution < -0.4 is 0 Å². The summed E-state index contributed by atoms with van der Waals surface area (Å²) in [6.07, 6.45) is 4.37. The Kier molecular flexibility index (Phi) is 3.16. The summed E-state index contributed by atoms with van der Waals surface area (Å²) in [5.74, 6) is 1.46. The number of piperidine rings is 1. The summed E-state index contributed by atoms with van der Waals surface area (Å²) < 4.78 is 5.34. The van der Waals surface area contributed by atoms with E-state index in [4.69, 9.17) is 4.42 Å². The van der Waals surface area contributed by atoms with E-state index in [0.29, 0.717) is 18.0 Å². The monoisotopic (exact) mass is 208 g/mol. The third kappa shape index (κ3) is 2.26. The van der Waals surface area contributed by atoms with Crippen molar-refractivity contribution in [3.05, 3.63) is 17.8 Å². The van der Waals surface area contributed by atoms with E-state index < -0.39 is 0 Å². The van der Waals surface area contributed by atoms with Crippen LogP contribution in [0.3, 0.4) is 0 Å². The minimum Gasteiger partial charge on any atom is -0.438 e. The molecule has 2 heterocycles. The maximum absolute atomic E-state index is 10.5. The summed E-state index contributed by atoms with van der Waals surface area (Å²) in [6.45, 7) is 5.48. The van der Waals surface area contributed by atoms with Crippen molar-refractivity contribution in [3.63, 3.8) is 0 Å². The van der Waals surface area contributed by atoms with E-state index in [0.717, 1.165) is 38.4 Å². The Bertz CT molecular complexity index is 327. The molecule has 0 amide bonds. The van der Waals surface area contributed by atoms with Crippen molar-refractivity contribution in [1.82, 2.24) is 9.88 Å². The molecule has 15 heavy (non-hydrogen) atoms. The highest BCUT2D eigenvalue weighted by Gasteiger charge is 2.23. The average molecular weight is 208 g/mol. The van der Waals surface area contributed by atoms with Crippen LogP contribution in [0.4, 0.5) is 0 Å². The third-order valence-electron chi connectivity index (χ3n) is 3.04. The Balaban J connectivity index is 1.97. The lowest BCUT2D eigenvalue weighted by Gasteiger charge is -2.29. The first-order valence-electron chi connectivity index (χ1n) is 5.46. The lowest BCUT2D eigenvalue weighted by atomic mass is 9.97. The molecule has 1 saturated heterocycles. The minimum atomic E-state index is 0.336.